The molecular formula is C20H25N3O2. The second kappa shape index (κ2) is 8.14. The Kier molecular flexibility index (Phi) is 5.68. The lowest BCUT2D eigenvalue weighted by atomic mass is 9.99. The van der Waals surface area contributed by atoms with E-state index >= 15 is 0 Å². The third-order valence-electron chi connectivity index (χ3n) is 4.70. The van der Waals surface area contributed by atoms with Crippen LogP contribution in [0.5, 0.6) is 0 Å². The molecule has 3 rings (SSSR count). The second-order valence-electron chi connectivity index (χ2n) is 6.37. The van der Waals surface area contributed by atoms with Gasteiger partial charge < -0.3 is 20.6 Å². The van der Waals surface area contributed by atoms with Crippen LogP contribution in [0.4, 0.5) is 5.69 Å². The molecule has 0 unspecified atom stereocenters. The number of benzene rings is 2. The fourth-order valence-electron chi connectivity index (χ4n) is 3.21. The number of nitrogens with zero attached hydrogens (tertiary/aromatic N) is 1. The number of hydrogen-bond acceptors (Lipinski definition) is 4. The predicted octanol–water partition coefficient (Wildman–Crippen LogP) is 1.98. The molecule has 5 nitrogen and oxygen atoms in total. The molecule has 1 aliphatic rings. The molecular weight excluding hydrogens is 314 g/mol. The van der Waals surface area contributed by atoms with Crippen molar-refractivity contribution >= 4 is 11.7 Å². The Morgan fingerprint density at radius 1 is 1.16 bits per heavy atom. The average molecular weight is 339 g/mol. The third-order valence-corrected chi connectivity index (χ3v) is 4.70. The van der Waals surface area contributed by atoms with E-state index in [-0.39, 0.29) is 0 Å². The van der Waals surface area contributed by atoms with Crippen LogP contribution in [0.1, 0.15) is 5.56 Å². The maximum atomic E-state index is 11.2. The smallest absolute Gasteiger partial charge is 0.321 e. The van der Waals surface area contributed by atoms with Crippen LogP contribution in [0.3, 0.4) is 0 Å². The fraction of sp³-hybridized carbons (Fsp3) is 0.350. The van der Waals surface area contributed by atoms with Gasteiger partial charge in [-0.2, -0.15) is 0 Å². The number of piperazine rings is 1. The summed E-state index contributed by atoms with van der Waals surface area (Å²) >= 11 is 0. The first-order chi connectivity index (χ1) is 12.2. The Hall–Kier alpha value is -2.37. The van der Waals surface area contributed by atoms with Crippen LogP contribution >= 0.6 is 0 Å². The quantitative estimate of drug-likeness (QED) is 0.751. The van der Waals surface area contributed by atoms with Crippen LogP contribution in [-0.4, -0.2) is 50.3 Å². The van der Waals surface area contributed by atoms with Gasteiger partial charge in [0.1, 0.15) is 6.04 Å². The molecule has 2 aromatic carbocycles. The Morgan fingerprint density at radius 2 is 1.88 bits per heavy atom. The second-order valence-corrected chi connectivity index (χ2v) is 6.37. The predicted molar refractivity (Wildman–Crippen MR) is 101 cm³/mol. The van der Waals surface area contributed by atoms with Crippen LogP contribution in [-0.2, 0) is 11.2 Å². The molecule has 5 heteroatoms. The number of aliphatic carboxylic acids is 1. The van der Waals surface area contributed by atoms with E-state index in [0.717, 1.165) is 42.9 Å². The summed E-state index contributed by atoms with van der Waals surface area (Å²) in [6.45, 7) is 4.13. The van der Waals surface area contributed by atoms with Crippen molar-refractivity contribution < 1.29 is 9.90 Å². The van der Waals surface area contributed by atoms with Crippen molar-refractivity contribution in [3.8, 4) is 11.1 Å². The van der Waals surface area contributed by atoms with Gasteiger partial charge >= 0.3 is 5.97 Å². The number of hydrogen-bond donors (Lipinski definition) is 3. The van der Waals surface area contributed by atoms with E-state index in [4.69, 9.17) is 0 Å². The highest BCUT2D eigenvalue weighted by Crippen LogP contribution is 2.24. The molecule has 0 spiro atoms. The molecule has 2 aromatic rings. The molecule has 1 aliphatic heterocycles. The summed E-state index contributed by atoms with van der Waals surface area (Å²) in [5.74, 6) is -0.826. The minimum Gasteiger partial charge on any atom is -0.480 e. The molecule has 1 heterocycles. The first-order valence-corrected chi connectivity index (χ1v) is 8.72. The molecule has 1 saturated heterocycles. The van der Waals surface area contributed by atoms with Crippen molar-refractivity contribution in [2.24, 2.45) is 0 Å². The molecule has 25 heavy (non-hydrogen) atoms. The van der Waals surface area contributed by atoms with Gasteiger partial charge in [-0.1, -0.05) is 36.4 Å². The van der Waals surface area contributed by atoms with Gasteiger partial charge in [-0.15, -0.1) is 0 Å². The number of likely N-dealkylation sites (N-methyl/N-ethyl adjacent to an activating group) is 1. The molecule has 1 atom stereocenters. The fourth-order valence-corrected chi connectivity index (χ4v) is 3.21. The van der Waals surface area contributed by atoms with Gasteiger partial charge in [0.25, 0.3) is 0 Å². The van der Waals surface area contributed by atoms with Gasteiger partial charge in [0.2, 0.25) is 0 Å². The van der Waals surface area contributed by atoms with E-state index in [1.807, 2.05) is 12.1 Å². The SMILES string of the molecule is CN[C@@H](Cc1cccc(-c2ccc(N3CCNCC3)cc2)c1)C(=O)O. The lowest BCUT2D eigenvalue weighted by Crippen LogP contribution is -2.43. The van der Waals surface area contributed by atoms with E-state index in [2.05, 4.69) is 51.9 Å². The Bertz CT molecular complexity index is 709. The zero-order valence-corrected chi connectivity index (χ0v) is 14.5. The lowest BCUT2D eigenvalue weighted by Gasteiger charge is -2.29. The monoisotopic (exact) mass is 339 g/mol. The van der Waals surface area contributed by atoms with Crippen molar-refractivity contribution in [1.29, 1.82) is 0 Å². The number of carbonyl (C=O) groups is 1. The molecule has 1 fully saturated rings. The van der Waals surface area contributed by atoms with E-state index in [9.17, 15) is 9.90 Å². The Morgan fingerprint density at radius 3 is 2.52 bits per heavy atom. The number of rotatable bonds is 6. The average Bonchev–Trinajstić information content (AvgIpc) is 2.67. The van der Waals surface area contributed by atoms with E-state index < -0.39 is 12.0 Å². The number of nitrogens with one attached hydrogen (secondary N) is 2. The summed E-state index contributed by atoms with van der Waals surface area (Å²) in [5.41, 5.74) is 4.54. The van der Waals surface area contributed by atoms with Crippen molar-refractivity contribution in [2.45, 2.75) is 12.5 Å². The van der Waals surface area contributed by atoms with Gasteiger partial charge in [0.15, 0.2) is 0 Å². The summed E-state index contributed by atoms with van der Waals surface area (Å²) in [4.78, 5) is 13.6. The zero-order valence-electron chi connectivity index (χ0n) is 14.5. The van der Waals surface area contributed by atoms with Crippen molar-refractivity contribution in [2.75, 3.05) is 38.1 Å². The largest absolute Gasteiger partial charge is 0.480 e. The van der Waals surface area contributed by atoms with E-state index in [0.29, 0.717) is 6.42 Å². The summed E-state index contributed by atoms with van der Waals surface area (Å²) in [6.07, 6.45) is 0.471. The zero-order chi connectivity index (χ0) is 17.6. The molecule has 0 saturated carbocycles. The highest BCUT2D eigenvalue weighted by atomic mass is 16.4. The number of carboxylic acids is 1. The van der Waals surface area contributed by atoms with Crippen molar-refractivity contribution in [3.63, 3.8) is 0 Å². The summed E-state index contributed by atoms with van der Waals surface area (Å²) in [6, 6.07) is 16.2. The maximum Gasteiger partial charge on any atom is 0.321 e. The van der Waals surface area contributed by atoms with Crippen molar-refractivity contribution in [1.82, 2.24) is 10.6 Å². The molecule has 3 N–H and O–H groups in total. The molecule has 0 amide bonds. The van der Waals surface area contributed by atoms with Crippen LogP contribution in [0.25, 0.3) is 11.1 Å². The van der Waals surface area contributed by atoms with Gasteiger partial charge in [-0.25, -0.2) is 0 Å². The van der Waals surface area contributed by atoms with Crippen molar-refractivity contribution in [3.05, 3.63) is 54.1 Å². The number of carboxylic acid groups (broad SMARTS) is 1. The van der Waals surface area contributed by atoms with E-state index in [1.54, 1.807) is 7.05 Å². The molecule has 132 valence electrons. The first-order valence-electron chi connectivity index (χ1n) is 8.72. The Balaban J connectivity index is 1.75. The lowest BCUT2D eigenvalue weighted by molar-refractivity contribution is -0.139. The normalized spacial score (nSPS) is 15.8. The van der Waals surface area contributed by atoms with Gasteiger partial charge in [-0.3, -0.25) is 4.79 Å². The van der Waals surface area contributed by atoms with Crippen LogP contribution in [0.2, 0.25) is 0 Å². The van der Waals surface area contributed by atoms with E-state index in [1.165, 1.54) is 5.69 Å². The molecule has 0 aliphatic carbocycles. The van der Waals surface area contributed by atoms with Crippen LogP contribution in [0, 0.1) is 0 Å². The maximum absolute atomic E-state index is 11.2. The summed E-state index contributed by atoms with van der Waals surface area (Å²) in [5, 5.41) is 15.4. The molecule has 0 radical (unpaired) electrons. The Labute approximate surface area is 148 Å². The van der Waals surface area contributed by atoms with Crippen LogP contribution in [0.15, 0.2) is 48.5 Å². The third kappa shape index (κ3) is 4.38. The van der Waals surface area contributed by atoms with Gasteiger partial charge in [-0.05, 0) is 42.3 Å². The number of anilines is 1. The highest BCUT2D eigenvalue weighted by Gasteiger charge is 2.15. The summed E-state index contributed by atoms with van der Waals surface area (Å²) in [7, 11) is 1.68. The minimum absolute atomic E-state index is 0.471. The molecule has 0 aromatic heterocycles. The topological polar surface area (TPSA) is 64.6 Å². The highest BCUT2D eigenvalue weighted by molar-refractivity contribution is 5.74. The van der Waals surface area contributed by atoms with Crippen LogP contribution < -0.4 is 15.5 Å². The van der Waals surface area contributed by atoms with Gasteiger partial charge in [0, 0.05) is 31.9 Å². The first kappa shape index (κ1) is 17.5. The van der Waals surface area contributed by atoms with Gasteiger partial charge in [0.05, 0.1) is 0 Å². The summed E-state index contributed by atoms with van der Waals surface area (Å²) < 4.78 is 0. The standard InChI is InChI=1S/C20H25N3O2/c1-21-19(20(24)25)14-15-3-2-4-17(13-15)16-5-7-18(8-6-16)23-11-9-22-10-12-23/h2-8,13,19,21-22H,9-12,14H2,1H3,(H,24,25)/t19-/m0/s1. The minimum atomic E-state index is -0.826. The molecule has 0 bridgehead atoms.